The van der Waals surface area contributed by atoms with Crippen LogP contribution in [-0.4, -0.2) is 26.7 Å². The molecule has 1 N–H and O–H groups in total. The third-order valence-corrected chi connectivity index (χ3v) is 8.04. The van der Waals surface area contributed by atoms with E-state index in [1.54, 1.807) is 30.3 Å². The van der Waals surface area contributed by atoms with Crippen LogP contribution in [0, 0.1) is 10.1 Å². The summed E-state index contributed by atoms with van der Waals surface area (Å²) in [4.78, 5) is 13.7. The number of benzene rings is 2. The third kappa shape index (κ3) is 4.52. The van der Waals surface area contributed by atoms with Gasteiger partial charge in [-0.3, -0.25) is 14.8 Å². The number of sulfone groups is 1. The number of nitrogens with one attached hydrogen (secondary N) is 1. The highest BCUT2D eigenvalue weighted by atomic mass is 32.2. The minimum Gasteiger partial charge on any atom is -0.258 e. The van der Waals surface area contributed by atoms with Gasteiger partial charge in [-0.15, -0.1) is 0 Å². The van der Waals surface area contributed by atoms with E-state index in [0.29, 0.717) is 16.9 Å². The van der Waals surface area contributed by atoms with Gasteiger partial charge in [0.15, 0.2) is 5.13 Å². The highest BCUT2D eigenvalue weighted by Gasteiger charge is 2.23. The van der Waals surface area contributed by atoms with Crippen LogP contribution in [0.4, 0.5) is 10.8 Å². The van der Waals surface area contributed by atoms with E-state index in [9.17, 15) is 26.9 Å². The predicted octanol–water partition coefficient (Wildman–Crippen LogP) is 2.83. The van der Waals surface area contributed by atoms with Gasteiger partial charge in [0.05, 0.1) is 21.8 Å². The van der Waals surface area contributed by atoms with Crippen LogP contribution in [0.2, 0.25) is 0 Å². The van der Waals surface area contributed by atoms with E-state index in [2.05, 4.69) is 9.71 Å². The molecule has 0 atom stereocenters. The molecule has 0 saturated carbocycles. The lowest BCUT2D eigenvalue weighted by Crippen LogP contribution is -2.14. The monoisotopic (exact) mass is 439 g/mol. The summed E-state index contributed by atoms with van der Waals surface area (Å²) in [5.74, 6) is -0.280. The molecule has 9 nitrogen and oxygen atoms in total. The molecular formula is C16H13N3O6S3. The second kappa shape index (κ2) is 7.66. The van der Waals surface area contributed by atoms with Crippen molar-refractivity contribution in [2.45, 2.75) is 14.9 Å². The summed E-state index contributed by atoms with van der Waals surface area (Å²) >= 11 is 0.659. The number of hydrogen-bond donors (Lipinski definition) is 1. The Morgan fingerprint density at radius 2 is 1.64 bits per heavy atom. The highest BCUT2D eigenvalue weighted by Crippen LogP contribution is 2.30. The first-order chi connectivity index (χ1) is 13.2. The fourth-order valence-corrected chi connectivity index (χ4v) is 6.11. The average molecular weight is 439 g/mol. The van der Waals surface area contributed by atoms with Crippen LogP contribution >= 0.6 is 11.3 Å². The summed E-state index contributed by atoms with van der Waals surface area (Å²) in [6.07, 6.45) is 1.04. The van der Waals surface area contributed by atoms with Crippen LogP contribution < -0.4 is 4.72 Å². The van der Waals surface area contributed by atoms with Gasteiger partial charge < -0.3 is 0 Å². The number of thiazole rings is 1. The number of nitrogens with zero attached hydrogens (tertiary/aromatic N) is 2. The Balaban J connectivity index is 1.80. The molecule has 12 heteroatoms. The van der Waals surface area contributed by atoms with Gasteiger partial charge in [0.25, 0.3) is 5.69 Å². The molecule has 3 rings (SSSR count). The number of hydrogen-bond acceptors (Lipinski definition) is 8. The first-order valence-corrected chi connectivity index (χ1v) is 11.6. The van der Waals surface area contributed by atoms with E-state index in [0.717, 1.165) is 30.5 Å². The largest absolute Gasteiger partial charge is 0.269 e. The molecule has 0 spiro atoms. The Hall–Kier alpha value is -2.83. The SMILES string of the molecule is O=[N+]([O-])c1ccc(S(=O)(=O)c2cnc(NS(=O)(=O)Cc3ccccc3)s2)cc1. The topological polar surface area (TPSA) is 136 Å². The van der Waals surface area contributed by atoms with Gasteiger partial charge in [0, 0.05) is 12.1 Å². The van der Waals surface area contributed by atoms with Crippen molar-refractivity contribution in [3.63, 3.8) is 0 Å². The van der Waals surface area contributed by atoms with Crippen molar-refractivity contribution >= 4 is 42.0 Å². The number of non-ortho nitro benzene ring substituents is 1. The van der Waals surface area contributed by atoms with E-state index < -0.39 is 24.8 Å². The number of nitro benzene ring substituents is 1. The van der Waals surface area contributed by atoms with Gasteiger partial charge >= 0.3 is 0 Å². The Morgan fingerprint density at radius 1 is 1.00 bits per heavy atom. The zero-order valence-corrected chi connectivity index (χ0v) is 16.5. The highest BCUT2D eigenvalue weighted by molar-refractivity contribution is 7.94. The lowest BCUT2D eigenvalue weighted by molar-refractivity contribution is -0.384. The maximum absolute atomic E-state index is 12.6. The maximum Gasteiger partial charge on any atom is 0.269 e. The molecular weight excluding hydrogens is 426 g/mol. The Kier molecular flexibility index (Phi) is 5.45. The third-order valence-electron chi connectivity index (χ3n) is 3.55. The molecule has 0 aliphatic rings. The molecule has 0 saturated heterocycles. The van der Waals surface area contributed by atoms with Gasteiger partial charge in [-0.1, -0.05) is 41.7 Å². The van der Waals surface area contributed by atoms with E-state index >= 15 is 0 Å². The lowest BCUT2D eigenvalue weighted by Gasteiger charge is -2.05. The molecule has 0 aliphatic heterocycles. The lowest BCUT2D eigenvalue weighted by atomic mass is 10.2. The minimum atomic E-state index is -3.98. The van der Waals surface area contributed by atoms with Crippen molar-refractivity contribution in [2.75, 3.05) is 4.72 Å². The number of anilines is 1. The Morgan fingerprint density at radius 3 is 2.25 bits per heavy atom. The average Bonchev–Trinajstić information content (AvgIpc) is 3.10. The maximum atomic E-state index is 12.6. The Bertz CT molecular complexity index is 1200. The van der Waals surface area contributed by atoms with Gasteiger partial charge in [-0.25, -0.2) is 21.8 Å². The zero-order valence-electron chi connectivity index (χ0n) is 14.0. The quantitative estimate of drug-likeness (QED) is 0.441. The number of rotatable bonds is 7. The van der Waals surface area contributed by atoms with E-state index in [1.165, 1.54) is 0 Å². The zero-order chi connectivity index (χ0) is 20.4. The molecule has 1 aromatic heterocycles. The Labute approximate surface area is 164 Å². The summed E-state index contributed by atoms with van der Waals surface area (Å²) in [5.41, 5.74) is 0.336. The van der Waals surface area contributed by atoms with Gasteiger partial charge in [-0.05, 0) is 17.7 Å². The van der Waals surface area contributed by atoms with Crippen molar-refractivity contribution in [1.82, 2.24) is 4.98 Å². The van der Waals surface area contributed by atoms with E-state index in [1.807, 2.05) is 0 Å². The predicted molar refractivity (Wildman–Crippen MR) is 103 cm³/mol. The van der Waals surface area contributed by atoms with Crippen LogP contribution in [0.5, 0.6) is 0 Å². The number of sulfonamides is 1. The smallest absolute Gasteiger partial charge is 0.258 e. The first kappa shape index (κ1) is 19.9. The molecule has 0 amide bonds. The molecule has 2 aromatic carbocycles. The van der Waals surface area contributed by atoms with Crippen molar-refractivity contribution in [2.24, 2.45) is 0 Å². The summed E-state index contributed by atoms with van der Waals surface area (Å²) in [5, 5.41) is 10.6. The second-order valence-electron chi connectivity index (χ2n) is 5.59. The minimum absolute atomic E-state index is 0.0867. The molecule has 1 heterocycles. The van der Waals surface area contributed by atoms with Crippen LogP contribution in [0.1, 0.15) is 5.56 Å². The van der Waals surface area contributed by atoms with Gasteiger partial charge in [0.2, 0.25) is 19.9 Å². The van der Waals surface area contributed by atoms with Crippen LogP contribution in [0.3, 0.4) is 0 Å². The molecule has 0 aliphatic carbocycles. The molecule has 0 unspecified atom stereocenters. The molecule has 3 aromatic rings. The van der Waals surface area contributed by atoms with Crippen molar-refractivity contribution in [3.05, 3.63) is 76.5 Å². The molecule has 0 fully saturated rings. The summed E-state index contributed by atoms with van der Waals surface area (Å²) in [6.45, 7) is 0. The summed E-state index contributed by atoms with van der Waals surface area (Å²) in [6, 6.07) is 12.9. The van der Waals surface area contributed by atoms with E-state index in [-0.39, 0.29) is 25.7 Å². The van der Waals surface area contributed by atoms with Crippen LogP contribution in [0.25, 0.3) is 0 Å². The van der Waals surface area contributed by atoms with Crippen molar-refractivity contribution < 1.29 is 21.8 Å². The van der Waals surface area contributed by atoms with E-state index in [4.69, 9.17) is 0 Å². The standard InChI is InChI=1S/C16H13N3O6S3/c20-19(21)13-6-8-14(9-7-13)28(24,25)15-10-17-16(26-15)18-27(22,23)11-12-4-2-1-3-5-12/h1-10H,11H2,(H,17,18). The molecule has 0 radical (unpaired) electrons. The fraction of sp³-hybridized carbons (Fsp3) is 0.0625. The normalized spacial score (nSPS) is 11.9. The molecule has 0 bridgehead atoms. The van der Waals surface area contributed by atoms with Crippen LogP contribution in [0.15, 0.2) is 69.9 Å². The number of aromatic nitrogens is 1. The number of nitro groups is 1. The molecule has 28 heavy (non-hydrogen) atoms. The summed E-state index contributed by atoms with van der Waals surface area (Å²) in [7, 11) is -7.75. The second-order valence-corrected chi connectivity index (χ2v) is 10.5. The first-order valence-electron chi connectivity index (χ1n) is 7.67. The summed E-state index contributed by atoms with van der Waals surface area (Å²) < 4.78 is 51.8. The molecule has 146 valence electrons. The van der Waals surface area contributed by atoms with Crippen LogP contribution in [-0.2, 0) is 25.6 Å². The fourth-order valence-electron chi connectivity index (χ4n) is 2.26. The van der Waals surface area contributed by atoms with Gasteiger partial charge in [0.1, 0.15) is 4.21 Å². The van der Waals surface area contributed by atoms with Gasteiger partial charge in [-0.2, -0.15) is 0 Å². The van der Waals surface area contributed by atoms with Crippen molar-refractivity contribution in [1.29, 1.82) is 0 Å². The van der Waals surface area contributed by atoms with Crippen molar-refractivity contribution in [3.8, 4) is 0 Å².